The lowest BCUT2D eigenvalue weighted by Gasteiger charge is -2.00. The largest absolute Gasteiger partial charge is 0.502 e. The summed E-state index contributed by atoms with van der Waals surface area (Å²) in [5, 5.41) is 27.4. The molecular formula is C11H10N4O4S. The van der Waals surface area contributed by atoms with E-state index in [0.29, 0.717) is 5.16 Å². The molecule has 1 aromatic heterocycles. The lowest BCUT2D eigenvalue weighted by Crippen LogP contribution is -1.93. The van der Waals surface area contributed by atoms with Crippen LogP contribution in [-0.4, -0.2) is 36.7 Å². The Bertz CT molecular complexity index is 670. The average molecular weight is 294 g/mol. The molecule has 104 valence electrons. The van der Waals surface area contributed by atoms with E-state index in [1.807, 2.05) is 0 Å². The number of H-pyrrole nitrogens is 1. The molecule has 0 bridgehead atoms. The number of benzene rings is 1. The van der Waals surface area contributed by atoms with Gasteiger partial charge in [-0.25, -0.2) is 4.98 Å². The fourth-order valence-corrected chi connectivity index (χ4v) is 2.07. The summed E-state index contributed by atoms with van der Waals surface area (Å²) in [6.07, 6.45) is 0. The zero-order valence-corrected chi connectivity index (χ0v) is 11.2. The molecule has 0 fully saturated rings. The van der Waals surface area contributed by atoms with Crippen LogP contribution in [0.15, 0.2) is 23.4 Å². The number of carbonyl (C=O) groups is 1. The number of nitro benzene ring substituents is 1. The third-order valence-corrected chi connectivity index (χ3v) is 3.33. The number of aromatic hydroxyl groups is 1. The summed E-state index contributed by atoms with van der Waals surface area (Å²) in [5.41, 5.74) is -0.224. The van der Waals surface area contributed by atoms with Crippen LogP contribution in [0.2, 0.25) is 0 Å². The van der Waals surface area contributed by atoms with E-state index >= 15 is 0 Å². The van der Waals surface area contributed by atoms with Gasteiger partial charge in [0.25, 0.3) is 0 Å². The molecule has 2 N–H and O–H groups in total. The van der Waals surface area contributed by atoms with Gasteiger partial charge in [0, 0.05) is 6.07 Å². The number of aromatic amines is 1. The van der Waals surface area contributed by atoms with Crippen LogP contribution in [0.1, 0.15) is 6.92 Å². The van der Waals surface area contributed by atoms with E-state index in [2.05, 4.69) is 15.2 Å². The van der Waals surface area contributed by atoms with Crippen LogP contribution < -0.4 is 0 Å². The van der Waals surface area contributed by atoms with Crippen molar-refractivity contribution in [2.45, 2.75) is 12.1 Å². The molecule has 1 heterocycles. The molecular weight excluding hydrogens is 284 g/mol. The summed E-state index contributed by atoms with van der Waals surface area (Å²) in [4.78, 5) is 25.0. The van der Waals surface area contributed by atoms with Crippen molar-refractivity contribution in [3.8, 4) is 17.1 Å². The highest BCUT2D eigenvalue weighted by Crippen LogP contribution is 2.35. The Balaban J connectivity index is 2.30. The van der Waals surface area contributed by atoms with Crippen LogP contribution in [0, 0.1) is 10.1 Å². The second-order valence-electron chi connectivity index (χ2n) is 3.89. The number of hydrogen-bond donors (Lipinski definition) is 2. The van der Waals surface area contributed by atoms with E-state index < -0.39 is 16.4 Å². The zero-order chi connectivity index (χ0) is 14.7. The number of aromatic nitrogens is 3. The second kappa shape index (κ2) is 5.70. The van der Waals surface area contributed by atoms with Crippen molar-refractivity contribution in [2.75, 3.05) is 5.75 Å². The van der Waals surface area contributed by atoms with Gasteiger partial charge in [0.05, 0.1) is 16.2 Å². The molecule has 0 aliphatic heterocycles. The van der Waals surface area contributed by atoms with E-state index in [9.17, 15) is 20.0 Å². The Morgan fingerprint density at radius 1 is 1.55 bits per heavy atom. The van der Waals surface area contributed by atoms with E-state index in [1.165, 1.54) is 25.1 Å². The average Bonchev–Trinajstić information content (AvgIpc) is 2.85. The van der Waals surface area contributed by atoms with E-state index in [-0.39, 0.29) is 22.9 Å². The van der Waals surface area contributed by atoms with Gasteiger partial charge in [-0.05, 0) is 13.0 Å². The number of para-hydroxylation sites is 1. The Kier molecular flexibility index (Phi) is 3.99. The van der Waals surface area contributed by atoms with Crippen molar-refractivity contribution in [2.24, 2.45) is 0 Å². The van der Waals surface area contributed by atoms with Crippen molar-refractivity contribution in [3.05, 3.63) is 28.3 Å². The van der Waals surface area contributed by atoms with Crippen molar-refractivity contribution in [1.82, 2.24) is 15.2 Å². The minimum absolute atomic E-state index is 0.0143. The molecule has 0 amide bonds. The van der Waals surface area contributed by atoms with Gasteiger partial charge in [-0.3, -0.25) is 20.0 Å². The fraction of sp³-hybridized carbons (Fsp3) is 0.182. The van der Waals surface area contributed by atoms with Gasteiger partial charge in [-0.15, -0.1) is 5.10 Å². The van der Waals surface area contributed by atoms with Crippen LogP contribution in [0.5, 0.6) is 5.75 Å². The summed E-state index contributed by atoms with van der Waals surface area (Å²) in [5.74, 6) is -0.0494. The molecule has 0 atom stereocenters. The fourth-order valence-electron chi connectivity index (χ4n) is 1.47. The number of nitrogens with one attached hydrogen (secondary N) is 1. The second-order valence-corrected chi connectivity index (χ2v) is 4.83. The molecule has 0 saturated carbocycles. The van der Waals surface area contributed by atoms with Crippen molar-refractivity contribution >= 4 is 23.2 Å². The van der Waals surface area contributed by atoms with Gasteiger partial charge < -0.3 is 5.11 Å². The first-order chi connectivity index (χ1) is 9.49. The molecule has 0 aliphatic rings. The first-order valence-corrected chi connectivity index (χ1v) is 6.49. The van der Waals surface area contributed by atoms with Gasteiger partial charge in [-0.2, -0.15) is 0 Å². The third-order valence-electron chi connectivity index (χ3n) is 2.34. The number of phenolic OH excluding ortho intramolecular Hbond substituents is 1. The number of hydrogen-bond acceptors (Lipinski definition) is 7. The first-order valence-electron chi connectivity index (χ1n) is 5.50. The number of rotatable bonds is 5. The Morgan fingerprint density at radius 3 is 2.95 bits per heavy atom. The third kappa shape index (κ3) is 2.94. The monoisotopic (exact) mass is 294 g/mol. The number of nitrogens with zero attached hydrogens (tertiary/aromatic N) is 3. The predicted molar refractivity (Wildman–Crippen MR) is 71.5 cm³/mol. The molecule has 9 heteroatoms. The smallest absolute Gasteiger partial charge is 0.311 e. The van der Waals surface area contributed by atoms with Crippen LogP contribution in [-0.2, 0) is 4.79 Å². The highest BCUT2D eigenvalue weighted by Gasteiger charge is 2.19. The van der Waals surface area contributed by atoms with Gasteiger partial charge in [0.2, 0.25) is 10.9 Å². The van der Waals surface area contributed by atoms with Gasteiger partial charge in [0.15, 0.2) is 5.82 Å². The Morgan fingerprint density at radius 2 is 2.30 bits per heavy atom. The molecule has 8 nitrogen and oxygen atoms in total. The molecule has 2 aromatic rings. The van der Waals surface area contributed by atoms with Crippen LogP contribution in [0.4, 0.5) is 5.69 Å². The molecule has 0 saturated heterocycles. The maximum Gasteiger partial charge on any atom is 0.311 e. The highest BCUT2D eigenvalue weighted by atomic mass is 32.2. The minimum Gasteiger partial charge on any atom is -0.502 e. The van der Waals surface area contributed by atoms with E-state index in [1.54, 1.807) is 0 Å². The summed E-state index contributed by atoms with van der Waals surface area (Å²) in [6.45, 7) is 1.45. The molecule has 2 rings (SSSR count). The summed E-state index contributed by atoms with van der Waals surface area (Å²) in [7, 11) is 0. The molecule has 1 aromatic carbocycles. The van der Waals surface area contributed by atoms with Crippen LogP contribution >= 0.6 is 11.8 Å². The molecule has 0 radical (unpaired) electrons. The predicted octanol–water partition coefficient (Wildman–Crippen LogP) is 1.77. The quantitative estimate of drug-likeness (QED) is 0.489. The van der Waals surface area contributed by atoms with E-state index in [0.717, 1.165) is 11.8 Å². The summed E-state index contributed by atoms with van der Waals surface area (Å²) < 4.78 is 0. The lowest BCUT2D eigenvalue weighted by molar-refractivity contribution is -0.385. The van der Waals surface area contributed by atoms with Crippen molar-refractivity contribution in [3.63, 3.8) is 0 Å². The number of phenols is 1. The van der Waals surface area contributed by atoms with Crippen molar-refractivity contribution in [1.29, 1.82) is 0 Å². The summed E-state index contributed by atoms with van der Waals surface area (Å²) >= 11 is 1.14. The minimum atomic E-state index is -0.680. The number of Topliss-reactive ketones (excluding diaryl/α,β-unsaturated/α-hetero) is 1. The molecule has 0 spiro atoms. The highest BCUT2D eigenvalue weighted by molar-refractivity contribution is 7.99. The maximum atomic E-state index is 10.9. The number of nitro groups is 1. The number of thioether (sulfide) groups is 1. The number of carbonyl (C=O) groups excluding carboxylic acids is 1. The first kappa shape index (κ1) is 14.0. The van der Waals surface area contributed by atoms with Crippen LogP contribution in [0.25, 0.3) is 11.4 Å². The summed E-state index contributed by atoms with van der Waals surface area (Å²) in [6, 6.07) is 4.13. The molecule has 0 unspecified atom stereocenters. The Labute approximate surface area is 117 Å². The topological polar surface area (TPSA) is 122 Å². The molecule has 0 aliphatic carbocycles. The number of ketones is 1. The lowest BCUT2D eigenvalue weighted by atomic mass is 10.1. The van der Waals surface area contributed by atoms with Gasteiger partial charge in [-0.1, -0.05) is 17.8 Å². The zero-order valence-electron chi connectivity index (χ0n) is 10.4. The SMILES string of the molecule is CC(=O)CSc1n[nH]c(-c2cccc([N+](=O)[O-])c2O)n1. The van der Waals surface area contributed by atoms with Crippen LogP contribution in [0.3, 0.4) is 0 Å². The Hall–Kier alpha value is -2.42. The standard InChI is InChI=1S/C11H10N4O4S/c1-6(16)5-20-11-12-10(13-14-11)7-3-2-4-8(9(7)17)15(18)19/h2-4,17H,5H2,1H3,(H,12,13,14). The van der Waals surface area contributed by atoms with Gasteiger partial charge >= 0.3 is 5.69 Å². The van der Waals surface area contributed by atoms with E-state index in [4.69, 9.17) is 0 Å². The normalized spacial score (nSPS) is 10.4. The maximum absolute atomic E-state index is 10.9. The van der Waals surface area contributed by atoms with Crippen molar-refractivity contribution < 1.29 is 14.8 Å². The molecule has 20 heavy (non-hydrogen) atoms. The van der Waals surface area contributed by atoms with Gasteiger partial charge in [0.1, 0.15) is 5.78 Å².